The Bertz CT molecular complexity index is 1460. The van der Waals surface area contributed by atoms with Crippen LogP contribution in [-0.2, 0) is 32.1 Å². The number of carbonyl (C=O) groups excluding carboxylic acids is 3. The van der Waals surface area contributed by atoms with Gasteiger partial charge in [0.05, 0.1) is 28.9 Å². The molecular formula is C27H27Cl2N3O7S3. The lowest BCUT2D eigenvalue weighted by Gasteiger charge is -2.50. The van der Waals surface area contributed by atoms with Crippen LogP contribution in [0, 0.1) is 6.92 Å². The largest absolute Gasteiger partial charge is 0.543 e. The van der Waals surface area contributed by atoms with Crippen LogP contribution in [0.15, 0.2) is 51.4 Å². The molecule has 0 aliphatic carbocycles. The van der Waals surface area contributed by atoms with Crippen LogP contribution in [0.1, 0.15) is 17.8 Å². The van der Waals surface area contributed by atoms with Gasteiger partial charge in [-0.25, -0.2) is 0 Å². The highest BCUT2D eigenvalue weighted by molar-refractivity contribution is 8.01. The van der Waals surface area contributed by atoms with E-state index in [9.17, 15) is 29.4 Å². The number of nitrogens with one attached hydrogen (secondary N) is 1. The van der Waals surface area contributed by atoms with E-state index in [2.05, 4.69) is 5.32 Å². The Morgan fingerprint density at radius 1 is 1.21 bits per heavy atom. The van der Waals surface area contributed by atoms with E-state index in [0.29, 0.717) is 32.8 Å². The third-order valence-electron chi connectivity index (χ3n) is 6.57. The number of carboxylic acids is 2. The molecule has 10 nitrogen and oxygen atoms in total. The van der Waals surface area contributed by atoms with Gasteiger partial charge in [0, 0.05) is 51.8 Å². The Morgan fingerprint density at radius 2 is 1.98 bits per heavy atom. The van der Waals surface area contributed by atoms with Gasteiger partial charge in [0.2, 0.25) is 5.91 Å². The van der Waals surface area contributed by atoms with Gasteiger partial charge < -0.3 is 25.4 Å². The number of β-lactam (4-membered cyclic amide) rings is 1. The first-order chi connectivity index (χ1) is 20.0. The number of benzene rings is 1. The predicted molar refractivity (Wildman–Crippen MR) is 159 cm³/mol. The van der Waals surface area contributed by atoms with Crippen LogP contribution in [-0.4, -0.2) is 74.1 Å². The van der Waals surface area contributed by atoms with Gasteiger partial charge in [-0.2, -0.15) is 4.57 Å². The van der Waals surface area contributed by atoms with E-state index in [1.807, 2.05) is 23.6 Å². The fourth-order valence-electron chi connectivity index (χ4n) is 4.64. The molecule has 2 aliphatic rings. The normalized spacial score (nSPS) is 18.0. The molecule has 4 rings (SSSR count). The number of hydrogen-bond donors (Lipinski definition) is 3. The molecule has 0 spiro atoms. The molecule has 2 aromatic rings. The lowest BCUT2D eigenvalue weighted by atomic mass is 10.0. The summed E-state index contributed by atoms with van der Waals surface area (Å²) in [5.41, 5.74) is 1.90. The molecule has 3 heterocycles. The van der Waals surface area contributed by atoms with E-state index in [-0.39, 0.29) is 36.7 Å². The molecule has 224 valence electrons. The molecule has 15 heteroatoms. The fourth-order valence-corrected chi connectivity index (χ4v) is 8.47. The number of rotatable bonds is 13. The van der Waals surface area contributed by atoms with E-state index in [4.69, 9.17) is 28.3 Å². The van der Waals surface area contributed by atoms with Crippen LogP contribution < -0.4 is 15.0 Å². The third kappa shape index (κ3) is 7.56. The number of thioether (sulfide) groups is 3. The van der Waals surface area contributed by atoms with Gasteiger partial charge in [0.1, 0.15) is 18.0 Å². The monoisotopic (exact) mass is 671 g/mol. The first-order valence-electron chi connectivity index (χ1n) is 12.7. The SMILES string of the molecule is Cc1cc(SCC2=C(C(=O)[O-])N3C(=O)[C@@H](NC(=O)CSc4cc(Cl)ccc4Cl)[C@H]3SC2)cc(CCC(=O)O)[n+]1CCO. The van der Waals surface area contributed by atoms with Crippen LogP contribution >= 0.6 is 58.5 Å². The molecule has 2 atom stereocenters. The lowest BCUT2D eigenvalue weighted by Crippen LogP contribution is -2.71. The number of aliphatic hydroxyl groups excluding tert-OH is 1. The molecule has 1 fully saturated rings. The van der Waals surface area contributed by atoms with Crippen molar-refractivity contribution < 1.29 is 39.1 Å². The van der Waals surface area contributed by atoms with Gasteiger partial charge in [-0.05, 0) is 23.8 Å². The Kier molecular flexibility index (Phi) is 11.1. The smallest absolute Gasteiger partial charge is 0.303 e. The van der Waals surface area contributed by atoms with Gasteiger partial charge in [0.25, 0.3) is 5.91 Å². The number of halogens is 2. The number of aliphatic carboxylic acids is 2. The molecule has 1 aromatic heterocycles. The summed E-state index contributed by atoms with van der Waals surface area (Å²) in [5, 5.41) is 33.8. The first-order valence-corrected chi connectivity index (χ1v) is 16.5. The number of aliphatic hydroxyl groups is 1. The number of carbonyl (C=O) groups is 4. The van der Waals surface area contributed by atoms with Crippen molar-refractivity contribution in [3.63, 3.8) is 0 Å². The van der Waals surface area contributed by atoms with E-state index in [1.165, 1.54) is 40.2 Å². The Balaban J connectivity index is 1.43. The van der Waals surface area contributed by atoms with Crippen molar-refractivity contribution >= 4 is 82.2 Å². The predicted octanol–water partition coefficient (Wildman–Crippen LogP) is 1.89. The van der Waals surface area contributed by atoms with Crippen molar-refractivity contribution in [2.45, 2.75) is 47.5 Å². The number of hydrogen-bond acceptors (Lipinski definition) is 9. The van der Waals surface area contributed by atoms with E-state index in [1.54, 1.807) is 18.2 Å². The number of amides is 2. The fraction of sp³-hybridized carbons (Fsp3) is 0.370. The molecule has 42 heavy (non-hydrogen) atoms. The van der Waals surface area contributed by atoms with E-state index in [0.717, 1.165) is 16.3 Å². The first kappa shape index (κ1) is 32.5. The average Bonchev–Trinajstić information content (AvgIpc) is 2.94. The summed E-state index contributed by atoms with van der Waals surface area (Å²) in [6.07, 6.45) is 0.202. The Morgan fingerprint density at radius 3 is 2.67 bits per heavy atom. The number of pyridine rings is 1. The molecule has 3 N–H and O–H groups in total. The van der Waals surface area contributed by atoms with Crippen LogP contribution in [0.4, 0.5) is 0 Å². The maximum atomic E-state index is 13.0. The molecule has 1 saturated heterocycles. The average molecular weight is 673 g/mol. The number of carboxylic acid groups (broad SMARTS) is 2. The van der Waals surface area contributed by atoms with Crippen molar-refractivity contribution in [3.05, 3.63) is 63.0 Å². The number of aromatic nitrogens is 1. The van der Waals surface area contributed by atoms with Gasteiger partial charge in [-0.3, -0.25) is 19.3 Å². The molecule has 1 aromatic carbocycles. The highest BCUT2D eigenvalue weighted by Gasteiger charge is 2.52. The molecule has 0 radical (unpaired) electrons. The zero-order valence-electron chi connectivity index (χ0n) is 22.3. The lowest BCUT2D eigenvalue weighted by molar-refractivity contribution is -0.711. The van der Waals surface area contributed by atoms with E-state index >= 15 is 0 Å². The van der Waals surface area contributed by atoms with Crippen molar-refractivity contribution in [1.29, 1.82) is 0 Å². The summed E-state index contributed by atoms with van der Waals surface area (Å²) in [6.45, 7) is 2.08. The summed E-state index contributed by atoms with van der Waals surface area (Å²) >= 11 is 16.0. The molecule has 0 bridgehead atoms. The van der Waals surface area contributed by atoms with Gasteiger partial charge >= 0.3 is 5.97 Å². The highest BCUT2D eigenvalue weighted by Crippen LogP contribution is 2.41. The van der Waals surface area contributed by atoms with Crippen LogP contribution in [0.5, 0.6) is 0 Å². The zero-order valence-corrected chi connectivity index (χ0v) is 26.3. The number of fused-ring (bicyclic) bond motifs is 1. The number of nitrogens with zero attached hydrogens (tertiary/aromatic N) is 2. The summed E-state index contributed by atoms with van der Waals surface area (Å²) in [4.78, 5) is 51.5. The summed E-state index contributed by atoms with van der Waals surface area (Å²) in [7, 11) is 0. The third-order valence-corrected chi connectivity index (χ3v) is 10.7. The number of aryl methyl sites for hydroxylation is 2. The second-order valence-electron chi connectivity index (χ2n) is 9.44. The highest BCUT2D eigenvalue weighted by atomic mass is 35.5. The minimum atomic E-state index is -1.47. The molecule has 2 amide bonds. The zero-order chi connectivity index (χ0) is 30.6. The topological polar surface area (TPSA) is 151 Å². The summed E-state index contributed by atoms with van der Waals surface area (Å²) < 4.78 is 1.86. The van der Waals surface area contributed by atoms with Gasteiger partial charge in [0.15, 0.2) is 17.9 Å². The van der Waals surface area contributed by atoms with Gasteiger partial charge in [-0.15, -0.1) is 35.3 Å². The maximum Gasteiger partial charge on any atom is 0.303 e. The van der Waals surface area contributed by atoms with Crippen molar-refractivity contribution in [3.8, 4) is 0 Å². The summed E-state index contributed by atoms with van der Waals surface area (Å²) in [5.74, 6) is -2.73. The molecule has 0 unspecified atom stereocenters. The minimum absolute atomic E-state index is 0.00441. The van der Waals surface area contributed by atoms with Crippen LogP contribution in [0.25, 0.3) is 0 Å². The Hall–Kier alpha value is -2.42. The Labute approximate surface area is 264 Å². The maximum absolute atomic E-state index is 13.0. The quantitative estimate of drug-likeness (QED) is 0.164. The second-order valence-corrected chi connectivity index (χ2v) is 13.5. The summed E-state index contributed by atoms with van der Waals surface area (Å²) in [6, 6.07) is 7.77. The van der Waals surface area contributed by atoms with Crippen LogP contribution in [0.2, 0.25) is 10.0 Å². The van der Waals surface area contributed by atoms with E-state index < -0.39 is 35.2 Å². The molecule has 0 saturated carbocycles. The second kappa shape index (κ2) is 14.4. The van der Waals surface area contributed by atoms with Gasteiger partial charge in [-0.1, -0.05) is 23.2 Å². The molecule has 2 aliphatic heterocycles. The standard InChI is InChI=1S/C27H27Cl2N3O7S3/c1-14-8-18(10-17(3-5-22(35)36)31(14)6-7-33)40-11-15-12-42-26-23(25(37)32(26)24(15)27(38)39)30-21(34)13-41-20-9-16(28)2-4-19(20)29/h2,4,8-10,23,26,33H,3,5-7,11-13H2,1H3,(H2-,30,34,35,36,38,39)/t23-,26-/m1/s1. The van der Waals surface area contributed by atoms with Crippen molar-refractivity contribution in [2.24, 2.45) is 0 Å². The van der Waals surface area contributed by atoms with Crippen LogP contribution in [0.3, 0.4) is 0 Å². The van der Waals surface area contributed by atoms with Crippen molar-refractivity contribution in [1.82, 2.24) is 10.2 Å². The minimum Gasteiger partial charge on any atom is -0.543 e. The molecular weight excluding hydrogens is 645 g/mol. The van der Waals surface area contributed by atoms with Crippen molar-refractivity contribution in [2.75, 3.05) is 23.9 Å².